The highest BCUT2D eigenvalue weighted by atomic mass is 16.5. The lowest BCUT2D eigenvalue weighted by Gasteiger charge is -2.18. The molecule has 0 saturated heterocycles. The van der Waals surface area contributed by atoms with Crippen molar-refractivity contribution >= 4 is 5.84 Å². The fraction of sp³-hybridized carbons (Fsp3) is 0.533. The largest absolute Gasteiger partial charge is 0.496 e. The Hall–Kier alpha value is -1.59. The summed E-state index contributed by atoms with van der Waals surface area (Å²) in [4.78, 5) is 2.19. The Morgan fingerprint density at radius 2 is 2.10 bits per heavy atom. The van der Waals surface area contributed by atoms with Gasteiger partial charge in [0.25, 0.3) is 0 Å². The molecule has 0 aliphatic rings. The number of methoxy groups -OCH3 is 1. The lowest BCUT2D eigenvalue weighted by atomic mass is 10.1. The molecule has 0 aliphatic heterocycles. The number of hydrogen-bond donors (Lipinski definition) is 2. The topological polar surface area (TPSA) is 71.6 Å². The van der Waals surface area contributed by atoms with E-state index in [1.54, 1.807) is 7.11 Å². The van der Waals surface area contributed by atoms with Crippen LogP contribution in [0.25, 0.3) is 0 Å². The minimum atomic E-state index is 0.0205. The SMILES string of the molecule is COc1cc(CN(C)CCOC(C)C)ccc1C(=N)N. The Kier molecular flexibility index (Phi) is 6.48. The quantitative estimate of drug-likeness (QED) is 0.562. The van der Waals surface area contributed by atoms with Crippen LogP contribution in [0.1, 0.15) is 25.0 Å². The van der Waals surface area contributed by atoms with E-state index in [9.17, 15) is 0 Å². The second kappa shape index (κ2) is 7.87. The summed E-state index contributed by atoms with van der Waals surface area (Å²) in [5.41, 5.74) is 7.26. The van der Waals surface area contributed by atoms with E-state index in [0.717, 1.165) is 25.3 Å². The molecular formula is C15H25N3O2. The van der Waals surface area contributed by atoms with Crippen molar-refractivity contribution in [1.82, 2.24) is 4.90 Å². The normalized spacial score (nSPS) is 11.1. The summed E-state index contributed by atoms with van der Waals surface area (Å²) in [6.07, 6.45) is 0.262. The van der Waals surface area contributed by atoms with Gasteiger partial charge in [0.05, 0.1) is 25.4 Å². The number of likely N-dealkylation sites (N-methyl/N-ethyl adjacent to an activating group) is 1. The molecule has 5 heteroatoms. The fourth-order valence-electron chi connectivity index (χ4n) is 1.89. The molecule has 0 amide bonds. The van der Waals surface area contributed by atoms with Crippen LogP contribution in [-0.4, -0.2) is 44.1 Å². The highest BCUT2D eigenvalue weighted by Gasteiger charge is 2.08. The first-order chi connectivity index (χ1) is 9.43. The molecule has 0 atom stereocenters. The van der Waals surface area contributed by atoms with Gasteiger partial charge in [-0.25, -0.2) is 0 Å². The number of nitrogens with zero attached hydrogens (tertiary/aromatic N) is 1. The van der Waals surface area contributed by atoms with Crippen LogP contribution in [0.2, 0.25) is 0 Å². The first-order valence-corrected chi connectivity index (χ1v) is 6.75. The minimum Gasteiger partial charge on any atom is -0.496 e. The van der Waals surface area contributed by atoms with Crippen LogP contribution in [-0.2, 0) is 11.3 Å². The predicted octanol–water partition coefficient (Wildman–Crippen LogP) is 1.84. The molecule has 0 spiro atoms. The maximum absolute atomic E-state index is 7.49. The van der Waals surface area contributed by atoms with Crippen LogP contribution < -0.4 is 10.5 Å². The average Bonchev–Trinajstić information content (AvgIpc) is 2.37. The van der Waals surface area contributed by atoms with Gasteiger partial charge in [0.1, 0.15) is 11.6 Å². The van der Waals surface area contributed by atoms with Crippen LogP contribution in [0.15, 0.2) is 18.2 Å². The zero-order chi connectivity index (χ0) is 15.1. The minimum absolute atomic E-state index is 0.0205. The third-order valence-corrected chi connectivity index (χ3v) is 2.93. The molecule has 20 heavy (non-hydrogen) atoms. The van der Waals surface area contributed by atoms with Crippen LogP contribution in [0.5, 0.6) is 5.75 Å². The predicted molar refractivity (Wildman–Crippen MR) is 81.4 cm³/mol. The summed E-state index contributed by atoms with van der Waals surface area (Å²) < 4.78 is 10.8. The maximum atomic E-state index is 7.49. The summed E-state index contributed by atoms with van der Waals surface area (Å²) in [6, 6.07) is 5.73. The zero-order valence-corrected chi connectivity index (χ0v) is 12.8. The number of hydrogen-bond acceptors (Lipinski definition) is 4. The van der Waals surface area contributed by atoms with Crippen molar-refractivity contribution in [2.24, 2.45) is 5.73 Å². The molecule has 0 heterocycles. The van der Waals surface area contributed by atoms with Crippen LogP contribution in [0, 0.1) is 5.41 Å². The molecule has 1 aromatic carbocycles. The highest BCUT2D eigenvalue weighted by Crippen LogP contribution is 2.20. The Morgan fingerprint density at radius 1 is 1.40 bits per heavy atom. The van der Waals surface area contributed by atoms with E-state index >= 15 is 0 Å². The Labute approximate surface area is 121 Å². The number of benzene rings is 1. The van der Waals surface area contributed by atoms with Gasteiger partial charge in [0.2, 0.25) is 0 Å². The van der Waals surface area contributed by atoms with Crippen molar-refractivity contribution in [3.8, 4) is 5.75 Å². The first kappa shape index (κ1) is 16.5. The second-order valence-electron chi connectivity index (χ2n) is 5.11. The van der Waals surface area contributed by atoms with Crippen molar-refractivity contribution in [1.29, 1.82) is 5.41 Å². The molecule has 5 nitrogen and oxygen atoms in total. The number of nitrogens with two attached hydrogens (primary N) is 1. The van der Waals surface area contributed by atoms with Crippen molar-refractivity contribution in [3.05, 3.63) is 29.3 Å². The molecule has 0 aromatic heterocycles. The highest BCUT2D eigenvalue weighted by molar-refractivity contribution is 5.97. The lowest BCUT2D eigenvalue weighted by molar-refractivity contribution is 0.0627. The van der Waals surface area contributed by atoms with Crippen molar-refractivity contribution in [2.75, 3.05) is 27.3 Å². The van der Waals surface area contributed by atoms with E-state index in [-0.39, 0.29) is 11.9 Å². The number of nitrogen functional groups attached to an aromatic ring is 1. The lowest BCUT2D eigenvalue weighted by Crippen LogP contribution is -2.24. The molecule has 112 valence electrons. The van der Waals surface area contributed by atoms with Gasteiger partial charge in [-0.1, -0.05) is 6.07 Å². The molecule has 0 bridgehead atoms. The first-order valence-electron chi connectivity index (χ1n) is 6.75. The van der Waals surface area contributed by atoms with E-state index in [2.05, 4.69) is 11.9 Å². The molecule has 1 rings (SSSR count). The maximum Gasteiger partial charge on any atom is 0.130 e. The van der Waals surface area contributed by atoms with Gasteiger partial charge >= 0.3 is 0 Å². The molecule has 0 unspecified atom stereocenters. The molecule has 0 radical (unpaired) electrons. The Balaban J connectivity index is 2.61. The Bertz CT molecular complexity index is 447. The van der Waals surface area contributed by atoms with Crippen molar-refractivity contribution in [3.63, 3.8) is 0 Å². The van der Waals surface area contributed by atoms with E-state index in [1.165, 1.54) is 0 Å². The summed E-state index contributed by atoms with van der Waals surface area (Å²) in [6.45, 7) is 6.46. The van der Waals surface area contributed by atoms with Gasteiger partial charge < -0.3 is 15.2 Å². The number of amidine groups is 1. The standard InChI is InChI=1S/C15H25N3O2/c1-11(2)20-8-7-18(3)10-12-5-6-13(15(16)17)14(9-12)19-4/h5-6,9,11H,7-8,10H2,1-4H3,(H3,16,17). The summed E-state index contributed by atoms with van der Waals surface area (Å²) in [7, 11) is 3.64. The van der Waals surface area contributed by atoms with Crippen molar-refractivity contribution < 1.29 is 9.47 Å². The monoisotopic (exact) mass is 279 g/mol. The van der Waals surface area contributed by atoms with Gasteiger partial charge in [-0.15, -0.1) is 0 Å². The third-order valence-electron chi connectivity index (χ3n) is 2.93. The Morgan fingerprint density at radius 3 is 2.65 bits per heavy atom. The molecule has 0 fully saturated rings. The molecule has 3 N–H and O–H groups in total. The fourth-order valence-corrected chi connectivity index (χ4v) is 1.89. The van der Waals surface area contributed by atoms with Crippen molar-refractivity contribution in [2.45, 2.75) is 26.5 Å². The number of ether oxygens (including phenoxy) is 2. The zero-order valence-electron chi connectivity index (χ0n) is 12.8. The van der Waals surface area contributed by atoms with E-state index in [0.29, 0.717) is 11.3 Å². The van der Waals surface area contributed by atoms with E-state index in [4.69, 9.17) is 20.6 Å². The third kappa shape index (κ3) is 5.19. The summed E-state index contributed by atoms with van der Waals surface area (Å²) >= 11 is 0. The van der Waals surface area contributed by atoms with Crippen LogP contribution in [0.4, 0.5) is 0 Å². The molecular weight excluding hydrogens is 254 g/mol. The average molecular weight is 279 g/mol. The summed E-state index contributed by atoms with van der Waals surface area (Å²) in [5, 5.41) is 7.49. The summed E-state index contributed by atoms with van der Waals surface area (Å²) in [5.74, 6) is 0.661. The molecule has 0 saturated carbocycles. The van der Waals surface area contributed by atoms with Gasteiger partial charge in [0.15, 0.2) is 0 Å². The molecule has 1 aromatic rings. The van der Waals surface area contributed by atoms with Gasteiger partial charge in [-0.05, 0) is 38.6 Å². The smallest absolute Gasteiger partial charge is 0.130 e. The number of rotatable bonds is 8. The number of nitrogens with one attached hydrogen (secondary N) is 1. The second-order valence-corrected chi connectivity index (χ2v) is 5.11. The van der Waals surface area contributed by atoms with Gasteiger partial charge in [-0.2, -0.15) is 0 Å². The van der Waals surface area contributed by atoms with Crippen LogP contribution >= 0.6 is 0 Å². The van der Waals surface area contributed by atoms with E-state index in [1.807, 2.05) is 32.0 Å². The van der Waals surface area contributed by atoms with E-state index < -0.39 is 0 Å². The van der Waals surface area contributed by atoms with Gasteiger partial charge in [-0.3, -0.25) is 10.3 Å². The van der Waals surface area contributed by atoms with Crippen LogP contribution in [0.3, 0.4) is 0 Å². The molecule has 0 aliphatic carbocycles. The van der Waals surface area contributed by atoms with Gasteiger partial charge in [0, 0.05) is 13.1 Å².